The lowest BCUT2D eigenvalue weighted by molar-refractivity contribution is 0.102. The Labute approximate surface area is 226 Å². The van der Waals surface area contributed by atoms with Gasteiger partial charge >= 0.3 is 0 Å². The van der Waals surface area contributed by atoms with Crippen molar-refractivity contribution in [2.45, 2.75) is 4.90 Å². The molecule has 4 aromatic carbocycles. The molecule has 0 bridgehead atoms. The van der Waals surface area contributed by atoms with Crippen LogP contribution in [0.3, 0.4) is 0 Å². The molecule has 0 saturated heterocycles. The zero-order valence-corrected chi connectivity index (χ0v) is 22.0. The molecule has 1 heterocycles. The van der Waals surface area contributed by atoms with Gasteiger partial charge in [0, 0.05) is 10.7 Å². The number of thiazole rings is 1. The van der Waals surface area contributed by atoms with E-state index in [1.54, 1.807) is 41.9 Å². The summed E-state index contributed by atoms with van der Waals surface area (Å²) in [5, 5.41) is 3.49. The normalized spacial score (nSPS) is 11.3. The lowest BCUT2D eigenvalue weighted by Crippen LogP contribution is -2.18. The number of nitrogens with one attached hydrogen (secondary N) is 2. The molecule has 5 aromatic rings. The van der Waals surface area contributed by atoms with Gasteiger partial charge in [-0.15, -0.1) is 11.3 Å². The Balaban J connectivity index is 1.36. The zero-order valence-electron chi connectivity index (χ0n) is 18.8. The van der Waals surface area contributed by atoms with Gasteiger partial charge in [-0.05, 0) is 72.8 Å². The molecule has 0 radical (unpaired) electrons. The van der Waals surface area contributed by atoms with E-state index in [4.69, 9.17) is 27.9 Å². The molecule has 1 amide bonds. The number of benzene rings is 4. The minimum Gasteiger partial charge on any atom is -0.456 e. The molecular weight excluding hydrogens is 553 g/mol. The first-order valence-electron chi connectivity index (χ1n) is 10.8. The van der Waals surface area contributed by atoms with Crippen LogP contribution in [-0.4, -0.2) is 19.3 Å². The number of anilines is 2. The maximum Gasteiger partial charge on any atom is 0.261 e. The Morgan fingerprint density at radius 3 is 2.49 bits per heavy atom. The minimum absolute atomic E-state index is 0.0192. The van der Waals surface area contributed by atoms with Crippen LogP contribution in [0.4, 0.5) is 11.4 Å². The Hall–Kier alpha value is -3.63. The quantitative estimate of drug-likeness (QED) is 0.212. The number of fused-ring (bicyclic) bond motifs is 1. The number of para-hydroxylation sites is 1. The average molecular weight is 570 g/mol. The lowest BCUT2D eigenvalue weighted by atomic mass is 10.1. The summed E-state index contributed by atoms with van der Waals surface area (Å²) in [6.45, 7) is 0. The van der Waals surface area contributed by atoms with Crippen LogP contribution >= 0.6 is 34.5 Å². The molecule has 11 heteroatoms. The molecule has 7 nitrogen and oxygen atoms in total. The first kappa shape index (κ1) is 25.0. The molecule has 37 heavy (non-hydrogen) atoms. The number of carbonyl (C=O) groups is 1. The van der Waals surface area contributed by atoms with E-state index in [1.165, 1.54) is 53.8 Å². The SMILES string of the molecule is O=C(Nc1ccc2scnc2c1)c1cc(Cl)ccc1NS(=O)(=O)c1ccc(Oc2ccccc2Cl)cc1. The minimum atomic E-state index is -4.04. The summed E-state index contributed by atoms with van der Waals surface area (Å²) >= 11 is 13.7. The van der Waals surface area contributed by atoms with Crippen molar-refractivity contribution >= 4 is 72.1 Å². The fourth-order valence-electron chi connectivity index (χ4n) is 3.47. The second kappa shape index (κ2) is 10.4. The van der Waals surface area contributed by atoms with Crippen LogP contribution in [0.5, 0.6) is 11.5 Å². The van der Waals surface area contributed by atoms with Crippen molar-refractivity contribution in [1.29, 1.82) is 0 Å². The molecule has 5 rings (SSSR count). The predicted molar refractivity (Wildman–Crippen MR) is 148 cm³/mol. The third-order valence-corrected chi connectivity index (χ3v) is 8.00. The summed E-state index contributed by atoms with van der Waals surface area (Å²) in [6, 6.07) is 22.5. The molecule has 0 unspecified atom stereocenters. The Bertz CT molecular complexity index is 1720. The summed E-state index contributed by atoms with van der Waals surface area (Å²) in [6.07, 6.45) is 0. The molecule has 1 aromatic heterocycles. The third kappa shape index (κ3) is 5.70. The van der Waals surface area contributed by atoms with Gasteiger partial charge in [0.1, 0.15) is 11.5 Å². The summed E-state index contributed by atoms with van der Waals surface area (Å²) in [7, 11) is -4.04. The van der Waals surface area contributed by atoms with E-state index in [-0.39, 0.29) is 21.2 Å². The monoisotopic (exact) mass is 569 g/mol. The summed E-state index contributed by atoms with van der Waals surface area (Å²) in [5.41, 5.74) is 3.12. The molecule has 0 atom stereocenters. The highest BCUT2D eigenvalue weighted by molar-refractivity contribution is 7.92. The number of ether oxygens (including phenoxy) is 1. The smallest absolute Gasteiger partial charge is 0.261 e. The molecule has 0 saturated carbocycles. The summed E-state index contributed by atoms with van der Waals surface area (Å²) in [5.74, 6) is 0.331. The van der Waals surface area contributed by atoms with Crippen LogP contribution in [0.1, 0.15) is 10.4 Å². The molecule has 186 valence electrons. The Kier molecular flexibility index (Phi) is 7.03. The number of hydrogen-bond acceptors (Lipinski definition) is 6. The second-order valence-electron chi connectivity index (χ2n) is 7.79. The third-order valence-electron chi connectivity index (χ3n) is 5.26. The Morgan fingerprint density at radius 2 is 1.70 bits per heavy atom. The maximum absolute atomic E-state index is 13.1. The molecule has 0 aliphatic heterocycles. The lowest BCUT2D eigenvalue weighted by Gasteiger charge is -2.14. The first-order chi connectivity index (χ1) is 17.8. The molecule has 2 N–H and O–H groups in total. The molecule has 0 spiro atoms. The van der Waals surface area contributed by atoms with E-state index in [9.17, 15) is 13.2 Å². The van der Waals surface area contributed by atoms with Gasteiger partial charge in [0.2, 0.25) is 0 Å². The van der Waals surface area contributed by atoms with Crippen LogP contribution < -0.4 is 14.8 Å². The van der Waals surface area contributed by atoms with E-state index in [1.807, 2.05) is 6.07 Å². The molecule has 0 aliphatic rings. The van der Waals surface area contributed by atoms with E-state index < -0.39 is 15.9 Å². The van der Waals surface area contributed by atoms with Crippen molar-refractivity contribution in [3.05, 3.63) is 106 Å². The number of hydrogen-bond donors (Lipinski definition) is 2. The van der Waals surface area contributed by atoms with Crippen LogP contribution in [0.15, 0.2) is 95.3 Å². The van der Waals surface area contributed by atoms with Gasteiger partial charge in [-0.1, -0.05) is 35.3 Å². The number of halogens is 2. The highest BCUT2D eigenvalue weighted by atomic mass is 35.5. The van der Waals surface area contributed by atoms with Crippen LogP contribution in [0.25, 0.3) is 10.2 Å². The van der Waals surface area contributed by atoms with Crippen molar-refractivity contribution < 1.29 is 17.9 Å². The van der Waals surface area contributed by atoms with Crippen molar-refractivity contribution in [2.75, 3.05) is 10.0 Å². The number of carbonyl (C=O) groups excluding carboxylic acids is 1. The van der Waals surface area contributed by atoms with Crippen LogP contribution in [0.2, 0.25) is 10.0 Å². The van der Waals surface area contributed by atoms with Crippen molar-refractivity contribution in [3.8, 4) is 11.5 Å². The van der Waals surface area contributed by atoms with Crippen molar-refractivity contribution in [3.63, 3.8) is 0 Å². The fourth-order valence-corrected chi connectivity index (χ4v) is 5.56. The number of nitrogens with zero attached hydrogens (tertiary/aromatic N) is 1. The second-order valence-corrected chi connectivity index (χ2v) is 11.2. The van der Waals surface area contributed by atoms with Crippen LogP contribution in [-0.2, 0) is 10.0 Å². The van der Waals surface area contributed by atoms with E-state index in [0.717, 1.165) is 10.2 Å². The average Bonchev–Trinajstić information content (AvgIpc) is 3.35. The molecular formula is C26H17Cl2N3O4S2. The highest BCUT2D eigenvalue weighted by Gasteiger charge is 2.20. The maximum atomic E-state index is 13.1. The van der Waals surface area contributed by atoms with Crippen LogP contribution in [0, 0.1) is 0 Å². The number of amides is 1. The topological polar surface area (TPSA) is 97.4 Å². The number of aromatic nitrogens is 1. The summed E-state index contributed by atoms with van der Waals surface area (Å²) in [4.78, 5) is 17.3. The zero-order chi connectivity index (χ0) is 26.0. The number of sulfonamides is 1. The van der Waals surface area contributed by atoms with Gasteiger partial charge in [0.05, 0.1) is 36.9 Å². The number of rotatable bonds is 7. The largest absolute Gasteiger partial charge is 0.456 e. The van der Waals surface area contributed by atoms with Gasteiger partial charge in [0.15, 0.2) is 0 Å². The van der Waals surface area contributed by atoms with Gasteiger partial charge in [-0.25, -0.2) is 13.4 Å². The van der Waals surface area contributed by atoms with E-state index in [2.05, 4.69) is 15.0 Å². The van der Waals surface area contributed by atoms with Gasteiger partial charge < -0.3 is 10.1 Å². The molecule has 0 fully saturated rings. The van der Waals surface area contributed by atoms with Gasteiger partial charge in [-0.3, -0.25) is 9.52 Å². The van der Waals surface area contributed by atoms with Crippen molar-refractivity contribution in [2.24, 2.45) is 0 Å². The van der Waals surface area contributed by atoms with Gasteiger partial charge in [-0.2, -0.15) is 0 Å². The standard InChI is InChI=1S/C26H17Cl2N3O4S2/c27-16-5-11-22(20(13-16)26(32)30-17-6-12-25-23(14-17)29-15-36-25)31-37(33,34)19-9-7-18(8-10-19)35-24-4-2-1-3-21(24)28/h1-15,31H,(H,30,32). The molecule has 0 aliphatic carbocycles. The predicted octanol–water partition coefficient (Wildman–Crippen LogP) is 7.45. The Morgan fingerprint density at radius 1 is 0.919 bits per heavy atom. The first-order valence-corrected chi connectivity index (χ1v) is 13.9. The highest BCUT2D eigenvalue weighted by Crippen LogP contribution is 2.30. The van der Waals surface area contributed by atoms with Gasteiger partial charge in [0.25, 0.3) is 15.9 Å². The van der Waals surface area contributed by atoms with E-state index in [0.29, 0.717) is 22.2 Å². The van der Waals surface area contributed by atoms with Crippen molar-refractivity contribution in [1.82, 2.24) is 4.98 Å². The van der Waals surface area contributed by atoms with E-state index >= 15 is 0 Å². The fraction of sp³-hybridized carbons (Fsp3) is 0. The summed E-state index contributed by atoms with van der Waals surface area (Å²) < 4.78 is 35.4.